The predicted octanol–water partition coefficient (Wildman–Crippen LogP) is 0.140. The maximum absolute atomic E-state index is 9.15. The van der Waals surface area contributed by atoms with Crippen molar-refractivity contribution in [3.05, 3.63) is 0 Å². The molecule has 0 heterocycles. The third-order valence-corrected chi connectivity index (χ3v) is 2.81. The fourth-order valence-corrected chi connectivity index (χ4v) is 1.85. The van der Waals surface area contributed by atoms with Crippen molar-refractivity contribution in [3.8, 4) is 0 Å². The zero-order valence-electron chi connectivity index (χ0n) is 6.03. The first kappa shape index (κ1) is 10.3. The average molecular weight is 166 g/mol. The van der Waals surface area contributed by atoms with Crippen molar-refractivity contribution < 1.29 is 15.1 Å². The Labute approximate surface area is 62.5 Å². The highest BCUT2D eigenvalue weighted by Gasteiger charge is 2.01. The molecule has 3 nitrogen and oxygen atoms in total. The molecule has 0 aromatic heterocycles. The minimum atomic E-state index is -0.912. The van der Waals surface area contributed by atoms with Gasteiger partial charge in [-0.2, -0.15) is 0 Å². The second-order valence-electron chi connectivity index (χ2n) is 2.11. The zero-order valence-corrected chi connectivity index (χ0v) is 6.93. The van der Waals surface area contributed by atoms with Gasteiger partial charge in [0.05, 0.1) is 0 Å². The smallest absolute Gasteiger partial charge is 0.0435 e. The van der Waals surface area contributed by atoms with Crippen molar-refractivity contribution in [1.29, 1.82) is 0 Å². The molecule has 0 aromatic carbocycles. The van der Waals surface area contributed by atoms with E-state index in [0.717, 1.165) is 0 Å². The lowest BCUT2D eigenvalue weighted by atomic mass is 10.5. The molecule has 0 rings (SSSR count). The molecule has 4 heteroatoms. The molecule has 0 aliphatic rings. The summed E-state index contributed by atoms with van der Waals surface area (Å²) >= 11 is 0. The first-order valence-corrected chi connectivity index (χ1v) is 5.13. The molecule has 0 unspecified atom stereocenters. The Hall–Kier alpha value is 0.310. The summed E-state index contributed by atoms with van der Waals surface area (Å²) in [5.41, 5.74) is 0. The summed E-state index contributed by atoms with van der Waals surface area (Å²) in [6, 6.07) is 0. The summed E-state index contributed by atoms with van der Waals surface area (Å²) in [4.78, 5) is 9.15. The van der Waals surface area contributed by atoms with Crippen LogP contribution < -0.4 is 0 Å². The highest BCUT2D eigenvalue weighted by atomic mass is 31.1. The van der Waals surface area contributed by atoms with Crippen LogP contribution in [0.25, 0.3) is 0 Å². The van der Waals surface area contributed by atoms with E-state index in [2.05, 4.69) is 0 Å². The topological polar surface area (TPSA) is 60.7 Å². The molecule has 0 aliphatic carbocycles. The molecule has 0 aliphatic heterocycles. The largest absolute Gasteiger partial charge is 0.396 e. The lowest BCUT2D eigenvalue weighted by molar-refractivity contribution is 0.292. The van der Waals surface area contributed by atoms with E-state index in [0.29, 0.717) is 25.2 Å². The molecule has 0 spiro atoms. The molecule has 0 aromatic rings. The standard InChI is InChI=1S/C6H15O3P/c7-3-1-5-10(9)6-2-4-8/h7-9H,1-6H2. The van der Waals surface area contributed by atoms with Gasteiger partial charge in [0.15, 0.2) is 0 Å². The Morgan fingerprint density at radius 2 is 1.30 bits per heavy atom. The molecule has 3 N–H and O–H groups in total. The Bertz CT molecular complexity index is 62.0. The van der Waals surface area contributed by atoms with Crippen LogP contribution in [0.2, 0.25) is 0 Å². The fraction of sp³-hybridized carbons (Fsp3) is 1.00. The summed E-state index contributed by atoms with van der Waals surface area (Å²) in [5, 5.41) is 16.8. The fourth-order valence-electron chi connectivity index (χ4n) is 0.618. The van der Waals surface area contributed by atoms with Gasteiger partial charge in [0.1, 0.15) is 0 Å². The van der Waals surface area contributed by atoms with Gasteiger partial charge >= 0.3 is 0 Å². The number of hydrogen-bond donors (Lipinski definition) is 3. The van der Waals surface area contributed by atoms with Gasteiger partial charge < -0.3 is 15.1 Å². The van der Waals surface area contributed by atoms with Crippen LogP contribution in [-0.2, 0) is 0 Å². The van der Waals surface area contributed by atoms with Gasteiger partial charge in [-0.15, -0.1) is 0 Å². The van der Waals surface area contributed by atoms with E-state index in [-0.39, 0.29) is 13.2 Å². The zero-order chi connectivity index (χ0) is 7.82. The van der Waals surface area contributed by atoms with E-state index >= 15 is 0 Å². The Morgan fingerprint density at radius 1 is 0.900 bits per heavy atom. The van der Waals surface area contributed by atoms with E-state index in [1.165, 1.54) is 0 Å². The Morgan fingerprint density at radius 3 is 1.60 bits per heavy atom. The lowest BCUT2D eigenvalue weighted by Gasteiger charge is -2.06. The van der Waals surface area contributed by atoms with Crippen LogP contribution in [0.1, 0.15) is 12.8 Å². The Kier molecular flexibility index (Phi) is 7.65. The minimum Gasteiger partial charge on any atom is -0.396 e. The van der Waals surface area contributed by atoms with E-state index < -0.39 is 8.15 Å². The third kappa shape index (κ3) is 6.43. The molecule has 0 bridgehead atoms. The van der Waals surface area contributed by atoms with Crippen LogP contribution >= 0.6 is 8.15 Å². The molecule has 0 amide bonds. The highest BCUT2D eigenvalue weighted by Crippen LogP contribution is 2.30. The van der Waals surface area contributed by atoms with Crippen molar-refractivity contribution in [3.63, 3.8) is 0 Å². The van der Waals surface area contributed by atoms with Gasteiger partial charge in [-0.05, 0) is 25.2 Å². The summed E-state index contributed by atoms with van der Waals surface area (Å²) in [7, 11) is -0.912. The molecule has 0 saturated carbocycles. The second kappa shape index (κ2) is 7.42. The minimum absolute atomic E-state index is 0.151. The van der Waals surface area contributed by atoms with Gasteiger partial charge in [0, 0.05) is 21.4 Å². The SMILES string of the molecule is OCCCP(O)CCCO. The van der Waals surface area contributed by atoms with Crippen LogP contribution in [-0.4, -0.2) is 40.6 Å². The van der Waals surface area contributed by atoms with Gasteiger partial charge in [-0.25, -0.2) is 0 Å². The van der Waals surface area contributed by atoms with E-state index in [1.807, 2.05) is 0 Å². The van der Waals surface area contributed by atoms with E-state index in [4.69, 9.17) is 15.1 Å². The molecule has 0 saturated heterocycles. The summed E-state index contributed by atoms with van der Waals surface area (Å²) in [6.07, 6.45) is 2.75. The van der Waals surface area contributed by atoms with Gasteiger partial charge in [-0.3, -0.25) is 0 Å². The number of aliphatic hydroxyl groups is 2. The van der Waals surface area contributed by atoms with Crippen molar-refractivity contribution in [1.82, 2.24) is 0 Å². The molecule has 10 heavy (non-hydrogen) atoms. The molecule has 0 radical (unpaired) electrons. The molecule has 0 atom stereocenters. The van der Waals surface area contributed by atoms with Crippen LogP contribution in [0.15, 0.2) is 0 Å². The summed E-state index contributed by atoms with van der Waals surface area (Å²) in [5.74, 6) is 0. The molecule has 0 fully saturated rings. The van der Waals surface area contributed by atoms with E-state index in [1.54, 1.807) is 0 Å². The maximum Gasteiger partial charge on any atom is 0.0435 e. The van der Waals surface area contributed by atoms with Crippen molar-refractivity contribution in [2.75, 3.05) is 25.5 Å². The van der Waals surface area contributed by atoms with Crippen molar-refractivity contribution in [2.24, 2.45) is 0 Å². The van der Waals surface area contributed by atoms with Crippen LogP contribution in [0.5, 0.6) is 0 Å². The van der Waals surface area contributed by atoms with Gasteiger partial charge in [0.2, 0.25) is 0 Å². The molecular weight excluding hydrogens is 151 g/mol. The van der Waals surface area contributed by atoms with E-state index in [9.17, 15) is 0 Å². The molecule has 62 valence electrons. The normalized spacial score (nSPS) is 10.8. The lowest BCUT2D eigenvalue weighted by Crippen LogP contribution is -1.94. The monoisotopic (exact) mass is 166 g/mol. The first-order chi connectivity index (χ1) is 4.81. The third-order valence-electron chi connectivity index (χ3n) is 1.15. The van der Waals surface area contributed by atoms with Gasteiger partial charge in [0.25, 0.3) is 0 Å². The second-order valence-corrected chi connectivity index (χ2v) is 4.02. The number of hydrogen-bond acceptors (Lipinski definition) is 3. The van der Waals surface area contributed by atoms with Crippen molar-refractivity contribution in [2.45, 2.75) is 12.8 Å². The number of aliphatic hydroxyl groups excluding tert-OH is 2. The van der Waals surface area contributed by atoms with Crippen molar-refractivity contribution >= 4 is 8.15 Å². The molecular formula is C6H15O3P. The summed E-state index contributed by atoms with van der Waals surface area (Å²) in [6.45, 7) is 0.303. The van der Waals surface area contributed by atoms with Crippen LogP contribution in [0.4, 0.5) is 0 Å². The van der Waals surface area contributed by atoms with Crippen LogP contribution in [0, 0.1) is 0 Å². The maximum atomic E-state index is 9.15. The highest BCUT2D eigenvalue weighted by molar-refractivity contribution is 7.51. The predicted molar refractivity (Wildman–Crippen MR) is 42.3 cm³/mol. The Balaban J connectivity index is 3.00. The van der Waals surface area contributed by atoms with Gasteiger partial charge in [-0.1, -0.05) is 0 Å². The quantitative estimate of drug-likeness (QED) is 0.492. The first-order valence-electron chi connectivity index (χ1n) is 3.46. The average Bonchev–Trinajstić information content (AvgIpc) is 1.97. The summed E-state index contributed by atoms with van der Waals surface area (Å²) < 4.78 is 0. The number of rotatable bonds is 6. The van der Waals surface area contributed by atoms with Crippen LogP contribution in [0.3, 0.4) is 0 Å².